The van der Waals surface area contributed by atoms with Crippen LogP contribution in [0.4, 0.5) is 11.4 Å². The van der Waals surface area contributed by atoms with E-state index in [-0.39, 0.29) is 11.9 Å². The third kappa shape index (κ3) is 3.84. The first kappa shape index (κ1) is 22.2. The number of aromatic nitrogens is 1. The first-order valence-electron chi connectivity index (χ1n) is 11.6. The van der Waals surface area contributed by atoms with E-state index in [0.717, 1.165) is 52.7 Å². The fourth-order valence-electron chi connectivity index (χ4n) is 5.22. The lowest BCUT2D eigenvalue weighted by Crippen LogP contribution is -2.40. The molecule has 176 valence electrons. The molecule has 3 amide bonds. The number of carbonyl (C=O) groups is 3. The van der Waals surface area contributed by atoms with Crippen LogP contribution in [0.5, 0.6) is 0 Å². The number of aryl methyl sites for hydroxylation is 2. The molecule has 0 bridgehead atoms. The number of anilines is 2. The third-order valence-corrected chi connectivity index (χ3v) is 6.84. The van der Waals surface area contributed by atoms with E-state index in [1.54, 1.807) is 0 Å². The van der Waals surface area contributed by atoms with Crippen molar-refractivity contribution in [3.05, 3.63) is 59.3 Å². The van der Waals surface area contributed by atoms with Crippen LogP contribution in [-0.4, -0.2) is 54.4 Å². The molecule has 0 aliphatic carbocycles. The average molecular weight is 460 g/mol. The highest BCUT2D eigenvalue weighted by molar-refractivity contribution is 6.39. The lowest BCUT2D eigenvalue weighted by Gasteiger charge is -2.26. The molecule has 8 heteroatoms. The Bertz CT molecular complexity index is 1310. The molecule has 0 fully saturated rings. The molecule has 3 aromatic rings. The number of benzene rings is 2. The molecular formula is C26H29N5O3. The summed E-state index contributed by atoms with van der Waals surface area (Å²) < 4.78 is 2.07. The summed E-state index contributed by atoms with van der Waals surface area (Å²) in [5.74, 6) is -1.29. The molecule has 3 heterocycles. The number of rotatable bonds is 5. The van der Waals surface area contributed by atoms with Gasteiger partial charge in [-0.1, -0.05) is 18.2 Å². The van der Waals surface area contributed by atoms with Gasteiger partial charge in [0, 0.05) is 42.9 Å². The van der Waals surface area contributed by atoms with Crippen molar-refractivity contribution in [2.75, 3.05) is 37.4 Å². The number of hydrogen-bond donors (Lipinski definition) is 2. The summed E-state index contributed by atoms with van der Waals surface area (Å²) in [5, 5.41) is 6.65. The predicted molar refractivity (Wildman–Crippen MR) is 132 cm³/mol. The summed E-state index contributed by atoms with van der Waals surface area (Å²) in [7, 11) is 5.92. The zero-order valence-corrected chi connectivity index (χ0v) is 19.7. The highest BCUT2D eigenvalue weighted by Gasteiger charge is 2.32. The Morgan fingerprint density at radius 1 is 1.12 bits per heavy atom. The normalized spacial score (nSPS) is 15.5. The van der Waals surface area contributed by atoms with E-state index in [1.165, 1.54) is 0 Å². The summed E-state index contributed by atoms with van der Waals surface area (Å²) in [5.41, 5.74) is 5.73. The highest BCUT2D eigenvalue weighted by Crippen LogP contribution is 2.38. The molecule has 8 nitrogen and oxygen atoms in total. The van der Waals surface area contributed by atoms with E-state index < -0.39 is 11.8 Å². The molecule has 2 N–H and O–H groups in total. The second-order valence-electron chi connectivity index (χ2n) is 9.32. The molecule has 5 rings (SSSR count). The van der Waals surface area contributed by atoms with Gasteiger partial charge >= 0.3 is 11.8 Å². The van der Waals surface area contributed by atoms with Gasteiger partial charge in [0.15, 0.2) is 0 Å². The van der Waals surface area contributed by atoms with Gasteiger partial charge in [-0.15, -0.1) is 0 Å². The zero-order valence-electron chi connectivity index (χ0n) is 19.7. The second-order valence-corrected chi connectivity index (χ2v) is 9.32. The minimum absolute atomic E-state index is 0.0932. The standard InChI is InChI=1S/C26H29N5O3/c1-29(2)22(20-15-30(3)21-9-5-4-8-19(20)21)14-27-25(33)26(34)28-18-11-16-7-6-10-31-23(32)13-17(12-18)24(16)31/h4-5,8-9,11-12,15,22H,6-7,10,13-14H2,1-3H3,(H,27,33)(H,28,34). The van der Waals surface area contributed by atoms with Gasteiger partial charge in [-0.05, 0) is 61.8 Å². The van der Waals surface area contributed by atoms with E-state index in [9.17, 15) is 14.4 Å². The third-order valence-electron chi connectivity index (χ3n) is 6.84. The molecule has 2 aromatic carbocycles. The van der Waals surface area contributed by atoms with Crippen LogP contribution in [0.25, 0.3) is 10.9 Å². The van der Waals surface area contributed by atoms with Crippen LogP contribution in [0, 0.1) is 0 Å². The van der Waals surface area contributed by atoms with Crippen molar-refractivity contribution in [2.24, 2.45) is 7.05 Å². The Morgan fingerprint density at radius 2 is 1.88 bits per heavy atom. The Balaban J connectivity index is 1.29. The van der Waals surface area contributed by atoms with Crippen LogP contribution < -0.4 is 15.5 Å². The first-order chi connectivity index (χ1) is 16.3. The minimum atomic E-state index is -0.709. The first-order valence-corrected chi connectivity index (χ1v) is 11.6. The van der Waals surface area contributed by atoms with Crippen molar-refractivity contribution in [1.29, 1.82) is 0 Å². The van der Waals surface area contributed by atoms with E-state index in [2.05, 4.69) is 33.5 Å². The van der Waals surface area contributed by atoms with Crippen molar-refractivity contribution >= 4 is 40.0 Å². The van der Waals surface area contributed by atoms with Crippen molar-refractivity contribution in [3.63, 3.8) is 0 Å². The summed E-state index contributed by atoms with van der Waals surface area (Å²) in [6.07, 6.45) is 4.17. The van der Waals surface area contributed by atoms with Crippen molar-refractivity contribution < 1.29 is 14.4 Å². The van der Waals surface area contributed by atoms with Crippen LogP contribution in [0.1, 0.15) is 29.2 Å². The van der Waals surface area contributed by atoms with E-state index in [0.29, 0.717) is 18.7 Å². The maximum absolute atomic E-state index is 12.7. The second kappa shape index (κ2) is 8.61. The largest absolute Gasteiger partial charge is 0.350 e. The summed E-state index contributed by atoms with van der Waals surface area (Å²) >= 11 is 0. The van der Waals surface area contributed by atoms with Crippen LogP contribution >= 0.6 is 0 Å². The molecule has 2 aliphatic rings. The quantitative estimate of drug-likeness (QED) is 0.574. The van der Waals surface area contributed by atoms with E-state index >= 15 is 0 Å². The Hall–Kier alpha value is -3.65. The fraction of sp³-hybridized carbons (Fsp3) is 0.346. The van der Waals surface area contributed by atoms with Crippen molar-refractivity contribution in [3.8, 4) is 0 Å². The number of fused-ring (bicyclic) bond motifs is 1. The number of nitrogens with one attached hydrogen (secondary N) is 2. The van der Waals surface area contributed by atoms with Gasteiger partial charge in [-0.2, -0.15) is 0 Å². The van der Waals surface area contributed by atoms with Gasteiger partial charge in [0.05, 0.1) is 18.2 Å². The van der Waals surface area contributed by atoms with Crippen molar-refractivity contribution in [1.82, 2.24) is 14.8 Å². The van der Waals surface area contributed by atoms with Crippen LogP contribution in [0.3, 0.4) is 0 Å². The summed E-state index contributed by atoms with van der Waals surface area (Å²) in [6.45, 7) is 1.04. The molecule has 0 saturated carbocycles. The average Bonchev–Trinajstić information content (AvgIpc) is 3.31. The molecular weight excluding hydrogens is 430 g/mol. The number of hydrogen-bond acceptors (Lipinski definition) is 4. The SMILES string of the molecule is CN(C)C(CNC(=O)C(=O)Nc1cc2c3c(c1)CC(=O)N3CCC2)c1cn(C)c2ccccc12. The molecule has 0 radical (unpaired) electrons. The monoisotopic (exact) mass is 459 g/mol. The van der Waals surface area contributed by atoms with E-state index in [4.69, 9.17) is 0 Å². The van der Waals surface area contributed by atoms with Crippen molar-refractivity contribution in [2.45, 2.75) is 25.3 Å². The number of para-hydroxylation sites is 1. The Morgan fingerprint density at radius 3 is 2.68 bits per heavy atom. The van der Waals surface area contributed by atoms with Gasteiger partial charge in [0.1, 0.15) is 0 Å². The molecule has 1 atom stereocenters. The van der Waals surface area contributed by atoms with E-state index in [1.807, 2.05) is 55.2 Å². The maximum Gasteiger partial charge on any atom is 0.313 e. The number of amides is 3. The zero-order chi connectivity index (χ0) is 24.0. The highest BCUT2D eigenvalue weighted by atomic mass is 16.2. The molecule has 2 aliphatic heterocycles. The minimum Gasteiger partial charge on any atom is -0.350 e. The van der Waals surface area contributed by atoms with Gasteiger partial charge in [0.2, 0.25) is 5.91 Å². The molecule has 1 aromatic heterocycles. The summed E-state index contributed by atoms with van der Waals surface area (Å²) in [4.78, 5) is 41.5. The topological polar surface area (TPSA) is 86.7 Å². The van der Waals surface area contributed by atoms with Gasteiger partial charge in [-0.25, -0.2) is 0 Å². The number of nitrogens with zero attached hydrogens (tertiary/aromatic N) is 3. The fourth-order valence-corrected chi connectivity index (χ4v) is 5.22. The number of likely N-dealkylation sites (N-methyl/N-ethyl adjacent to an activating group) is 1. The smallest absolute Gasteiger partial charge is 0.313 e. The maximum atomic E-state index is 12.7. The lowest BCUT2D eigenvalue weighted by molar-refractivity contribution is -0.136. The van der Waals surface area contributed by atoms with Crippen LogP contribution in [0.15, 0.2) is 42.6 Å². The van der Waals surface area contributed by atoms with Gasteiger partial charge in [0.25, 0.3) is 0 Å². The lowest BCUT2D eigenvalue weighted by atomic mass is 9.99. The van der Waals surface area contributed by atoms with Gasteiger partial charge in [-0.3, -0.25) is 14.4 Å². The molecule has 34 heavy (non-hydrogen) atoms. The van der Waals surface area contributed by atoms with Crippen LogP contribution in [0.2, 0.25) is 0 Å². The Labute approximate surface area is 198 Å². The summed E-state index contributed by atoms with van der Waals surface area (Å²) in [6, 6.07) is 11.7. The van der Waals surface area contributed by atoms with Crippen LogP contribution in [-0.2, 0) is 34.3 Å². The predicted octanol–water partition coefficient (Wildman–Crippen LogP) is 2.37. The molecule has 0 spiro atoms. The molecule has 1 unspecified atom stereocenters. The Kier molecular flexibility index (Phi) is 5.61. The molecule has 0 saturated heterocycles. The van der Waals surface area contributed by atoms with Gasteiger partial charge < -0.3 is 25.0 Å². The number of carbonyl (C=O) groups excluding carboxylic acids is 3.